The van der Waals surface area contributed by atoms with Gasteiger partial charge in [0.05, 0.1) is 11.4 Å². The van der Waals surface area contributed by atoms with E-state index in [4.69, 9.17) is 23.7 Å². The summed E-state index contributed by atoms with van der Waals surface area (Å²) >= 11 is 0. The van der Waals surface area contributed by atoms with Crippen LogP contribution in [-0.2, 0) is 91.2 Å². The number of piperidine rings is 2. The molecule has 0 aliphatic carbocycles. The Hall–Kier alpha value is -8.28. The molecule has 6 amide bonds. The number of hydrogen-bond acceptors (Lipinski definition) is 12. The standard InChI is InChI=1S/C24H36N2O3.C22H34N2O2.C20H31NO2.2C18H27NO2/c1-17(27)26-15-12-24(19-9-8-18(16-20(19)26)22(2,3)4)10-13-25(14-11-24)21(28)29-23(5,6)7;1-20(2,3)16-7-8-17-18(15-16)23-12-9-22(17)10-13-24(14-11-22)19(25)26-21(4,5)6;1-18(2,3)14-9-10-15-16(13-14)21(12-11-20(15,7)8)17(22)23-19(4,5)6;1-17(2,3)15-8-7-13-9-10-19(12-14(13)11-15)16(20)21-18(4,5)6;1-17(2,3)14-10-9-13-8-7-11-19(15(13)12-14)16(20)21-18(4,5)6/h8-9,16H,10-15H2,1-7H3;7-8,15,23H,9-14H2,1-6H3;9-10,13H,11-12H2,1-8H3;7-8,11H,9-10,12H2,1-6H3;9-10,12H,7-8,11H2,1-6H3. The third kappa shape index (κ3) is 25.9. The molecule has 18 nitrogen and oxygen atoms in total. The molecule has 7 aliphatic rings. The molecule has 0 saturated carbocycles. The molecule has 1 N–H and O–H groups in total. The number of nitrogens with one attached hydrogen (secondary N) is 1. The molecule has 0 atom stereocenters. The number of fused-ring (bicyclic) bond motifs is 7. The van der Waals surface area contributed by atoms with E-state index in [2.05, 4.69) is 214 Å². The number of likely N-dealkylation sites (tertiary alicyclic amines) is 2. The predicted molar refractivity (Wildman–Crippen MR) is 492 cm³/mol. The van der Waals surface area contributed by atoms with Crippen molar-refractivity contribution < 1.29 is 52.5 Å². The van der Waals surface area contributed by atoms with Gasteiger partial charge in [-0.1, -0.05) is 184 Å². The van der Waals surface area contributed by atoms with Crippen LogP contribution in [0.1, 0.15) is 341 Å². The fraction of sp³-hybridized carbons (Fsp3) is 0.647. The number of anilines is 4. The topological polar surface area (TPSA) is 180 Å². The van der Waals surface area contributed by atoms with E-state index in [1.165, 1.54) is 66.9 Å². The number of amides is 6. The maximum absolute atomic E-state index is 12.7. The SMILES string of the molecule is CC(=O)N1CCC2(CCN(C(=O)OC(C)(C)C)CC2)c2ccc(C(C)(C)C)cc21.CC(C)(C)OC(=O)N1CCC(C)(C)c2ccc(C(C)(C)C)cc21.CC(C)(C)OC(=O)N1CCC2(CCNc3cc(C(C)(C)C)ccc32)CC1.CC(C)(C)OC(=O)N1CCCc2ccc(C(C)(C)C)cc21.CC(C)(C)OC(=O)N1CCc2ccc(C(C)(C)C)cc2C1. The normalized spacial score (nSPS) is 17.7. The number of benzene rings is 5. The van der Waals surface area contributed by atoms with Crippen molar-refractivity contribution in [1.29, 1.82) is 0 Å². The van der Waals surface area contributed by atoms with E-state index in [-0.39, 0.29) is 79.7 Å². The van der Waals surface area contributed by atoms with Gasteiger partial charge < -0.3 is 48.6 Å². The Bertz CT molecular complexity index is 4440. The minimum atomic E-state index is -0.480. The third-order valence-electron chi connectivity index (χ3n) is 23.9. The van der Waals surface area contributed by atoms with Crippen LogP contribution in [0, 0.1) is 0 Å². The molecular formula is C102H155N7O11. The zero-order valence-electron chi connectivity index (χ0n) is 80.5. The van der Waals surface area contributed by atoms with E-state index in [0.717, 1.165) is 121 Å². The molecule has 0 radical (unpaired) electrons. The molecule has 7 aliphatic heterocycles. The Morgan fingerprint density at radius 3 is 1.09 bits per heavy atom. The molecule has 0 bridgehead atoms. The van der Waals surface area contributed by atoms with Gasteiger partial charge in [0, 0.05) is 94.6 Å². The highest BCUT2D eigenvalue weighted by Crippen LogP contribution is 2.50. The number of hydrogen-bond donors (Lipinski definition) is 1. The summed E-state index contributed by atoms with van der Waals surface area (Å²) in [6, 6.07) is 33.3. The molecule has 2 saturated heterocycles. The lowest BCUT2D eigenvalue weighted by Gasteiger charge is -2.48. The van der Waals surface area contributed by atoms with Gasteiger partial charge in [-0.3, -0.25) is 14.6 Å². The molecule has 120 heavy (non-hydrogen) atoms. The van der Waals surface area contributed by atoms with E-state index in [1.54, 1.807) is 21.6 Å². The first-order chi connectivity index (χ1) is 54.8. The Morgan fingerprint density at radius 2 is 0.658 bits per heavy atom. The summed E-state index contributed by atoms with van der Waals surface area (Å²) in [5.74, 6) is 0.0957. The van der Waals surface area contributed by atoms with Gasteiger partial charge in [-0.15, -0.1) is 0 Å². The largest absolute Gasteiger partial charge is 0.444 e. The Labute approximate surface area is 724 Å². The Kier molecular flexibility index (Phi) is 29.4. The molecule has 0 aromatic heterocycles. The number of carbonyl (C=O) groups is 6. The van der Waals surface area contributed by atoms with Crippen LogP contribution >= 0.6 is 0 Å². The van der Waals surface area contributed by atoms with Crippen molar-refractivity contribution in [2.45, 2.75) is 371 Å². The van der Waals surface area contributed by atoms with Crippen molar-refractivity contribution in [2.24, 2.45) is 0 Å². The van der Waals surface area contributed by atoms with Gasteiger partial charge in [0.1, 0.15) is 28.0 Å². The molecule has 5 aromatic carbocycles. The van der Waals surface area contributed by atoms with Crippen LogP contribution in [0.15, 0.2) is 91.0 Å². The van der Waals surface area contributed by atoms with Gasteiger partial charge in [0.25, 0.3) is 0 Å². The smallest absolute Gasteiger partial charge is 0.414 e. The van der Waals surface area contributed by atoms with Crippen molar-refractivity contribution in [3.8, 4) is 0 Å². The fourth-order valence-electron chi connectivity index (χ4n) is 16.7. The van der Waals surface area contributed by atoms with Gasteiger partial charge in [-0.2, -0.15) is 0 Å². The maximum Gasteiger partial charge on any atom is 0.414 e. The van der Waals surface area contributed by atoms with Crippen molar-refractivity contribution in [3.05, 3.63) is 152 Å². The number of rotatable bonds is 0. The second-order valence-corrected chi connectivity index (χ2v) is 45.5. The van der Waals surface area contributed by atoms with Crippen LogP contribution in [0.5, 0.6) is 0 Å². The molecule has 0 unspecified atom stereocenters. The highest BCUT2D eigenvalue weighted by Gasteiger charge is 2.46. The summed E-state index contributed by atoms with van der Waals surface area (Å²) < 4.78 is 27.7. The molecule has 2 fully saturated rings. The van der Waals surface area contributed by atoms with Gasteiger partial charge >= 0.3 is 30.5 Å². The van der Waals surface area contributed by atoms with Gasteiger partial charge in [-0.25, -0.2) is 24.0 Å². The van der Waals surface area contributed by atoms with Gasteiger partial charge in [0.15, 0.2) is 0 Å². The second kappa shape index (κ2) is 36.3. The third-order valence-corrected chi connectivity index (χ3v) is 23.9. The van der Waals surface area contributed by atoms with Gasteiger partial charge in [0.2, 0.25) is 5.91 Å². The van der Waals surface area contributed by atoms with E-state index < -0.39 is 28.0 Å². The fourth-order valence-corrected chi connectivity index (χ4v) is 16.7. The van der Waals surface area contributed by atoms with E-state index in [9.17, 15) is 28.8 Å². The second-order valence-electron chi connectivity index (χ2n) is 45.5. The van der Waals surface area contributed by atoms with Crippen LogP contribution in [0.3, 0.4) is 0 Å². The maximum atomic E-state index is 12.7. The predicted octanol–water partition coefficient (Wildman–Crippen LogP) is 24.4. The van der Waals surface area contributed by atoms with E-state index in [1.807, 2.05) is 119 Å². The van der Waals surface area contributed by atoms with Crippen molar-refractivity contribution >= 4 is 59.1 Å². The summed E-state index contributed by atoms with van der Waals surface area (Å²) in [6.45, 7) is 75.4. The zero-order valence-corrected chi connectivity index (χ0v) is 80.5. The summed E-state index contributed by atoms with van der Waals surface area (Å²) in [5, 5.41) is 3.61. The molecule has 18 heteroatoms. The molecule has 2 spiro atoms. The zero-order chi connectivity index (χ0) is 90.1. The summed E-state index contributed by atoms with van der Waals surface area (Å²) in [6.07, 6.45) is 8.65. The van der Waals surface area contributed by atoms with E-state index >= 15 is 0 Å². The van der Waals surface area contributed by atoms with Crippen molar-refractivity contribution in [2.75, 3.05) is 78.9 Å². The highest BCUT2D eigenvalue weighted by molar-refractivity contribution is 5.94. The molecule has 664 valence electrons. The number of aryl methyl sites for hydroxylation is 1. The lowest BCUT2D eigenvalue weighted by Crippen LogP contribution is -2.50. The van der Waals surface area contributed by atoms with Crippen LogP contribution in [0.25, 0.3) is 0 Å². The first kappa shape index (κ1) is 97.2. The molecular weight excluding hydrogens is 1500 g/mol. The number of nitrogens with zero attached hydrogens (tertiary/aromatic N) is 6. The summed E-state index contributed by atoms with van der Waals surface area (Å²) in [5.41, 5.74) is 17.0. The molecule has 5 aromatic rings. The average Bonchev–Trinajstić information content (AvgIpc) is 0.358. The molecule has 12 rings (SSSR count). The van der Waals surface area contributed by atoms with Crippen molar-refractivity contribution in [3.63, 3.8) is 0 Å². The monoisotopic (exact) mass is 1650 g/mol. The number of carbonyl (C=O) groups excluding carboxylic acids is 6. The summed E-state index contributed by atoms with van der Waals surface area (Å²) in [7, 11) is 0. The molecule has 7 heterocycles. The summed E-state index contributed by atoms with van der Waals surface area (Å²) in [4.78, 5) is 85.5. The van der Waals surface area contributed by atoms with Crippen molar-refractivity contribution in [1.82, 2.24) is 14.7 Å². The lowest BCUT2D eigenvalue weighted by molar-refractivity contribution is -0.116. The minimum absolute atomic E-state index is 0.0240. The van der Waals surface area contributed by atoms with Crippen LogP contribution in [-0.4, -0.2) is 138 Å². The quantitative estimate of drug-likeness (QED) is 0.145. The van der Waals surface area contributed by atoms with Gasteiger partial charge in [-0.05, 0) is 286 Å². The van der Waals surface area contributed by atoms with E-state index in [0.29, 0.717) is 26.2 Å². The Morgan fingerprint density at radius 1 is 0.317 bits per heavy atom. The lowest BCUT2D eigenvalue weighted by atomic mass is 9.67. The first-order valence-electron chi connectivity index (χ1n) is 44.5. The van der Waals surface area contributed by atoms with Crippen LogP contribution < -0.4 is 20.0 Å². The highest BCUT2D eigenvalue weighted by atomic mass is 16.6. The first-order valence-corrected chi connectivity index (χ1v) is 44.5. The minimum Gasteiger partial charge on any atom is -0.444 e. The Balaban J connectivity index is 0.000000188. The van der Waals surface area contributed by atoms with Crippen LogP contribution in [0.4, 0.5) is 46.7 Å². The van der Waals surface area contributed by atoms with Crippen LogP contribution in [0.2, 0.25) is 0 Å². The average molecular weight is 1660 g/mol. The number of ether oxygens (including phenoxy) is 5.